The fourth-order valence-electron chi connectivity index (χ4n) is 1.20. The van der Waals surface area contributed by atoms with Gasteiger partial charge in [-0.25, -0.2) is 12.8 Å². The monoisotopic (exact) mass is 270 g/mol. The number of hydrogen-bond acceptors (Lipinski definition) is 2. The second-order valence-electron chi connectivity index (χ2n) is 3.48. The van der Waals surface area contributed by atoms with Crippen LogP contribution in [0, 0.1) is 5.82 Å². The number of rotatable bonds is 3. The Morgan fingerprint density at radius 1 is 1.24 bits per heavy atom. The predicted molar refractivity (Wildman–Crippen MR) is 54.6 cm³/mol. The summed E-state index contributed by atoms with van der Waals surface area (Å²) in [5.41, 5.74) is -1.51. The Morgan fingerprint density at radius 2 is 1.82 bits per heavy atom. The van der Waals surface area contributed by atoms with Gasteiger partial charge in [0.1, 0.15) is 5.82 Å². The van der Waals surface area contributed by atoms with E-state index in [2.05, 4.69) is 0 Å². The molecule has 0 bridgehead atoms. The van der Waals surface area contributed by atoms with Crippen LogP contribution in [0.25, 0.3) is 0 Å². The van der Waals surface area contributed by atoms with Crippen LogP contribution in [0.15, 0.2) is 18.2 Å². The first-order valence-electron chi connectivity index (χ1n) is 4.72. The first-order valence-corrected chi connectivity index (χ1v) is 6.54. The second-order valence-corrected chi connectivity index (χ2v) is 5.83. The highest BCUT2D eigenvalue weighted by atomic mass is 32.2. The Morgan fingerprint density at radius 3 is 2.29 bits per heavy atom. The molecule has 1 aromatic rings. The van der Waals surface area contributed by atoms with Gasteiger partial charge in [-0.15, -0.1) is 0 Å². The molecule has 96 valence electrons. The summed E-state index contributed by atoms with van der Waals surface area (Å²) >= 11 is 0. The lowest BCUT2D eigenvalue weighted by molar-refractivity contribution is -0.137. The fourth-order valence-corrected chi connectivity index (χ4v) is 2.10. The summed E-state index contributed by atoms with van der Waals surface area (Å²) < 4.78 is 72.7. The highest BCUT2D eigenvalue weighted by molar-refractivity contribution is 7.90. The van der Waals surface area contributed by atoms with E-state index in [0.717, 1.165) is 0 Å². The number of hydrogen-bond donors (Lipinski definition) is 0. The van der Waals surface area contributed by atoms with E-state index in [4.69, 9.17) is 0 Å². The van der Waals surface area contributed by atoms with Crippen LogP contribution in [0.3, 0.4) is 0 Å². The van der Waals surface area contributed by atoms with Crippen molar-refractivity contribution in [2.45, 2.75) is 18.9 Å². The van der Waals surface area contributed by atoms with Crippen LogP contribution >= 0.6 is 0 Å². The molecule has 0 aliphatic carbocycles. The van der Waals surface area contributed by atoms with Crippen LogP contribution in [0.5, 0.6) is 0 Å². The van der Waals surface area contributed by atoms with E-state index in [0.29, 0.717) is 18.2 Å². The van der Waals surface area contributed by atoms with Crippen LogP contribution in [0.2, 0.25) is 0 Å². The molecule has 0 heterocycles. The Bertz CT molecular complexity index is 506. The van der Waals surface area contributed by atoms with Gasteiger partial charge in [0.05, 0.1) is 11.3 Å². The van der Waals surface area contributed by atoms with Crippen molar-refractivity contribution in [2.24, 2.45) is 0 Å². The van der Waals surface area contributed by atoms with Gasteiger partial charge in [0.2, 0.25) is 0 Å². The smallest absolute Gasteiger partial charge is 0.229 e. The average Bonchev–Trinajstić information content (AvgIpc) is 2.19. The summed E-state index contributed by atoms with van der Waals surface area (Å²) in [4.78, 5) is 0. The van der Waals surface area contributed by atoms with E-state index < -0.39 is 38.7 Å². The van der Waals surface area contributed by atoms with Crippen molar-refractivity contribution in [3.05, 3.63) is 35.1 Å². The molecule has 0 atom stereocenters. The van der Waals surface area contributed by atoms with Gasteiger partial charge in [-0.2, -0.15) is 13.2 Å². The van der Waals surface area contributed by atoms with Gasteiger partial charge in [-0.05, 0) is 18.2 Å². The van der Waals surface area contributed by atoms with E-state index in [1.807, 2.05) is 0 Å². The summed E-state index contributed by atoms with van der Waals surface area (Å²) in [6, 6.07) is 1.74. The minimum Gasteiger partial charge on any atom is -0.229 e. The Labute approximate surface area is 96.2 Å². The number of sulfone groups is 1. The summed E-state index contributed by atoms with van der Waals surface area (Å²) in [6.07, 6.45) is -4.61. The van der Waals surface area contributed by atoms with Crippen LogP contribution in [0.1, 0.15) is 18.1 Å². The molecule has 2 nitrogen and oxygen atoms in total. The summed E-state index contributed by atoms with van der Waals surface area (Å²) in [5.74, 6) is -1.92. The van der Waals surface area contributed by atoms with Crippen LogP contribution in [-0.2, 0) is 21.8 Å². The van der Waals surface area contributed by atoms with E-state index >= 15 is 0 Å². The molecule has 0 unspecified atom stereocenters. The molecule has 17 heavy (non-hydrogen) atoms. The van der Waals surface area contributed by atoms with Crippen molar-refractivity contribution in [1.82, 2.24) is 0 Å². The van der Waals surface area contributed by atoms with Crippen LogP contribution < -0.4 is 0 Å². The van der Waals surface area contributed by atoms with Crippen LogP contribution in [-0.4, -0.2) is 14.2 Å². The van der Waals surface area contributed by atoms with Crippen molar-refractivity contribution in [2.75, 3.05) is 5.75 Å². The van der Waals surface area contributed by atoms with Crippen LogP contribution in [0.4, 0.5) is 17.6 Å². The molecule has 0 saturated carbocycles. The highest BCUT2D eigenvalue weighted by Gasteiger charge is 2.31. The molecule has 1 aromatic carbocycles. The zero-order chi connectivity index (χ0) is 13.3. The normalized spacial score (nSPS) is 12.8. The number of alkyl halides is 3. The fraction of sp³-hybridized carbons (Fsp3) is 0.400. The lowest BCUT2D eigenvalue weighted by Gasteiger charge is -2.09. The largest absolute Gasteiger partial charge is 0.416 e. The van der Waals surface area contributed by atoms with Crippen molar-refractivity contribution in [1.29, 1.82) is 0 Å². The van der Waals surface area contributed by atoms with E-state index in [-0.39, 0.29) is 5.75 Å². The third-order valence-corrected chi connectivity index (χ3v) is 3.82. The molecule has 0 N–H and O–H groups in total. The SMILES string of the molecule is CCS(=O)(=O)Cc1cc(C(F)(F)F)ccc1F. The summed E-state index contributed by atoms with van der Waals surface area (Å²) in [5, 5.41) is 0. The molecule has 0 radical (unpaired) electrons. The molecule has 0 spiro atoms. The minimum atomic E-state index is -4.61. The molecule has 1 rings (SSSR count). The summed E-state index contributed by atoms with van der Waals surface area (Å²) in [7, 11) is -3.56. The highest BCUT2D eigenvalue weighted by Crippen LogP contribution is 2.30. The van der Waals surface area contributed by atoms with Gasteiger partial charge in [-0.3, -0.25) is 0 Å². The third kappa shape index (κ3) is 3.69. The Kier molecular flexibility index (Phi) is 3.81. The van der Waals surface area contributed by atoms with Crippen molar-refractivity contribution in [3.8, 4) is 0 Å². The predicted octanol–water partition coefficient (Wildman–Crippen LogP) is 2.78. The standard InChI is InChI=1S/C10H10F4O2S/c1-2-17(15,16)6-7-5-8(10(12,13)14)3-4-9(7)11/h3-5H,2,6H2,1H3. The lowest BCUT2D eigenvalue weighted by Crippen LogP contribution is -2.11. The molecule has 0 saturated heterocycles. The molecular weight excluding hydrogens is 260 g/mol. The quantitative estimate of drug-likeness (QED) is 0.791. The average molecular weight is 270 g/mol. The van der Waals surface area contributed by atoms with Gasteiger partial charge in [0.25, 0.3) is 0 Å². The van der Waals surface area contributed by atoms with Gasteiger partial charge < -0.3 is 0 Å². The summed E-state index contributed by atoms with van der Waals surface area (Å²) in [6.45, 7) is 1.35. The molecule has 0 aromatic heterocycles. The lowest BCUT2D eigenvalue weighted by atomic mass is 10.1. The van der Waals surface area contributed by atoms with Gasteiger partial charge in [0.15, 0.2) is 9.84 Å². The van der Waals surface area contributed by atoms with E-state index in [1.165, 1.54) is 6.92 Å². The molecule has 0 aliphatic rings. The van der Waals surface area contributed by atoms with Gasteiger partial charge >= 0.3 is 6.18 Å². The van der Waals surface area contributed by atoms with Crippen molar-refractivity contribution in [3.63, 3.8) is 0 Å². The Hall–Kier alpha value is -1.11. The first kappa shape index (κ1) is 14.0. The zero-order valence-corrected chi connectivity index (χ0v) is 9.70. The zero-order valence-electron chi connectivity index (χ0n) is 8.88. The van der Waals surface area contributed by atoms with Gasteiger partial charge in [0, 0.05) is 11.3 Å². The third-order valence-electron chi connectivity index (χ3n) is 2.19. The molecule has 0 fully saturated rings. The number of halogens is 4. The second kappa shape index (κ2) is 4.64. The van der Waals surface area contributed by atoms with Crippen molar-refractivity contribution < 1.29 is 26.0 Å². The molecule has 0 amide bonds. The molecule has 7 heteroatoms. The first-order chi connectivity index (χ1) is 7.65. The van der Waals surface area contributed by atoms with E-state index in [9.17, 15) is 26.0 Å². The molecule has 0 aliphatic heterocycles. The number of benzene rings is 1. The maximum absolute atomic E-state index is 13.2. The topological polar surface area (TPSA) is 34.1 Å². The maximum atomic E-state index is 13.2. The van der Waals surface area contributed by atoms with E-state index in [1.54, 1.807) is 0 Å². The van der Waals surface area contributed by atoms with Crippen molar-refractivity contribution >= 4 is 9.84 Å². The molecular formula is C10H10F4O2S. The maximum Gasteiger partial charge on any atom is 0.416 e. The minimum absolute atomic E-state index is 0.247. The Balaban J connectivity index is 3.17. The van der Waals surface area contributed by atoms with Gasteiger partial charge in [-0.1, -0.05) is 6.92 Å².